The van der Waals surface area contributed by atoms with Gasteiger partial charge in [-0.05, 0) is 37.1 Å². The summed E-state index contributed by atoms with van der Waals surface area (Å²) in [5.41, 5.74) is 1.24. The number of nitrogens with zero attached hydrogens (tertiary/aromatic N) is 1. The van der Waals surface area contributed by atoms with Crippen LogP contribution in [0.25, 0.3) is 0 Å². The van der Waals surface area contributed by atoms with E-state index in [2.05, 4.69) is 5.32 Å². The summed E-state index contributed by atoms with van der Waals surface area (Å²) in [6.07, 6.45) is 1.11. The number of urea groups is 1. The zero-order chi connectivity index (χ0) is 15.6. The van der Waals surface area contributed by atoms with Gasteiger partial charge in [0.25, 0.3) is 0 Å². The van der Waals surface area contributed by atoms with Crippen LogP contribution in [0.3, 0.4) is 0 Å². The molecule has 0 spiro atoms. The Kier molecular flexibility index (Phi) is 4.26. The van der Waals surface area contributed by atoms with Crippen molar-refractivity contribution in [3.63, 3.8) is 0 Å². The Morgan fingerprint density at radius 3 is 2.57 bits per heavy atom. The largest absolute Gasteiger partial charge is 0.496 e. The Labute approximate surface area is 123 Å². The molecule has 6 nitrogen and oxygen atoms in total. The number of benzene rings is 1. The lowest BCUT2D eigenvalue weighted by Gasteiger charge is -2.30. The van der Waals surface area contributed by atoms with Crippen LogP contribution in [0.15, 0.2) is 18.2 Å². The van der Waals surface area contributed by atoms with Crippen molar-refractivity contribution in [2.24, 2.45) is 5.92 Å². The van der Waals surface area contributed by atoms with E-state index in [0.29, 0.717) is 24.3 Å². The van der Waals surface area contributed by atoms with Crippen LogP contribution in [-0.4, -0.2) is 25.0 Å². The Morgan fingerprint density at radius 2 is 2.00 bits per heavy atom. The molecule has 0 radical (unpaired) electrons. The predicted octanol–water partition coefficient (Wildman–Crippen LogP) is 2.00. The molecular formula is C15H18N2O4. The summed E-state index contributed by atoms with van der Waals surface area (Å²) >= 11 is 0. The maximum Gasteiger partial charge on any atom is 0.335 e. The standard InChI is InChI=1S/C15H18N2O4/c1-4-5-11-13(18)16-15(20)17(14(11)19)10-6-7-12(21-3)9(2)8-10/h6-8,11H,4-5H2,1-3H3,(H,16,18,20). The zero-order valence-electron chi connectivity index (χ0n) is 12.3. The Morgan fingerprint density at radius 1 is 1.29 bits per heavy atom. The molecule has 1 aliphatic heterocycles. The SMILES string of the molecule is CCCC1C(=O)NC(=O)N(c2ccc(OC)c(C)c2)C1=O. The van der Waals surface area contributed by atoms with Crippen LogP contribution in [0.5, 0.6) is 5.75 Å². The van der Waals surface area contributed by atoms with E-state index in [-0.39, 0.29) is 0 Å². The first-order valence-corrected chi connectivity index (χ1v) is 6.83. The number of hydrogen-bond acceptors (Lipinski definition) is 4. The van der Waals surface area contributed by atoms with Crippen molar-refractivity contribution in [1.29, 1.82) is 0 Å². The molecule has 112 valence electrons. The van der Waals surface area contributed by atoms with Crippen LogP contribution in [0, 0.1) is 12.8 Å². The predicted molar refractivity (Wildman–Crippen MR) is 77.2 cm³/mol. The minimum atomic E-state index is -0.810. The average Bonchev–Trinajstić information content (AvgIpc) is 2.43. The van der Waals surface area contributed by atoms with Gasteiger partial charge in [0.05, 0.1) is 12.8 Å². The van der Waals surface area contributed by atoms with Crippen LogP contribution in [-0.2, 0) is 9.59 Å². The van der Waals surface area contributed by atoms with E-state index >= 15 is 0 Å². The van der Waals surface area contributed by atoms with Crippen LogP contribution < -0.4 is 15.0 Å². The monoisotopic (exact) mass is 290 g/mol. The van der Waals surface area contributed by atoms with E-state index in [1.54, 1.807) is 25.3 Å². The number of imide groups is 2. The maximum atomic E-state index is 12.4. The first-order valence-electron chi connectivity index (χ1n) is 6.83. The summed E-state index contributed by atoms with van der Waals surface area (Å²) in [5, 5.41) is 2.24. The highest BCUT2D eigenvalue weighted by Gasteiger charge is 2.40. The summed E-state index contributed by atoms with van der Waals surface area (Å²) in [6.45, 7) is 3.71. The van der Waals surface area contributed by atoms with E-state index in [1.807, 2.05) is 13.8 Å². The lowest BCUT2D eigenvalue weighted by molar-refractivity contribution is -0.134. The van der Waals surface area contributed by atoms with Crippen molar-refractivity contribution < 1.29 is 19.1 Å². The molecule has 2 rings (SSSR count). The van der Waals surface area contributed by atoms with Crippen LogP contribution in [0.1, 0.15) is 25.3 Å². The molecule has 6 heteroatoms. The lowest BCUT2D eigenvalue weighted by Crippen LogP contribution is -2.58. The minimum Gasteiger partial charge on any atom is -0.496 e. The second-order valence-electron chi connectivity index (χ2n) is 4.96. The summed E-state index contributed by atoms with van der Waals surface area (Å²) in [7, 11) is 1.55. The molecule has 0 saturated carbocycles. The topological polar surface area (TPSA) is 75.7 Å². The van der Waals surface area contributed by atoms with Gasteiger partial charge in [0, 0.05) is 0 Å². The summed E-state index contributed by atoms with van der Waals surface area (Å²) < 4.78 is 5.16. The smallest absolute Gasteiger partial charge is 0.335 e. The van der Waals surface area contributed by atoms with E-state index < -0.39 is 23.8 Å². The number of nitrogens with one attached hydrogen (secondary N) is 1. The fourth-order valence-electron chi connectivity index (χ4n) is 2.41. The Hall–Kier alpha value is -2.37. The minimum absolute atomic E-state index is 0.420. The summed E-state index contributed by atoms with van der Waals surface area (Å²) in [4.78, 5) is 37.2. The van der Waals surface area contributed by atoms with Gasteiger partial charge in [-0.3, -0.25) is 14.9 Å². The number of rotatable bonds is 4. The molecule has 1 fully saturated rings. The molecule has 0 aromatic heterocycles. The number of barbiturate groups is 1. The number of carbonyl (C=O) groups is 3. The third kappa shape index (κ3) is 2.74. The molecule has 1 saturated heterocycles. The highest BCUT2D eigenvalue weighted by molar-refractivity contribution is 6.27. The first kappa shape index (κ1) is 15.0. The van der Waals surface area contributed by atoms with Gasteiger partial charge in [0.2, 0.25) is 11.8 Å². The van der Waals surface area contributed by atoms with Gasteiger partial charge in [-0.25, -0.2) is 9.69 Å². The third-order valence-electron chi connectivity index (χ3n) is 3.48. The normalized spacial score (nSPS) is 18.7. The van der Waals surface area contributed by atoms with Gasteiger partial charge in [-0.15, -0.1) is 0 Å². The molecule has 0 aliphatic carbocycles. The second kappa shape index (κ2) is 5.95. The second-order valence-corrected chi connectivity index (χ2v) is 4.96. The van der Waals surface area contributed by atoms with Gasteiger partial charge < -0.3 is 4.74 Å². The fourth-order valence-corrected chi connectivity index (χ4v) is 2.41. The van der Waals surface area contributed by atoms with Crippen molar-refractivity contribution in [3.05, 3.63) is 23.8 Å². The third-order valence-corrected chi connectivity index (χ3v) is 3.48. The first-order chi connectivity index (χ1) is 9.99. The molecule has 1 aliphatic rings. The number of ether oxygens (including phenoxy) is 1. The van der Waals surface area contributed by atoms with E-state index in [0.717, 1.165) is 10.5 Å². The van der Waals surface area contributed by atoms with Gasteiger partial charge >= 0.3 is 6.03 Å². The molecule has 1 heterocycles. The molecule has 4 amide bonds. The molecule has 21 heavy (non-hydrogen) atoms. The van der Waals surface area contributed by atoms with Crippen molar-refractivity contribution in [3.8, 4) is 5.75 Å². The number of anilines is 1. The highest BCUT2D eigenvalue weighted by atomic mass is 16.5. The molecule has 1 aromatic carbocycles. The summed E-state index contributed by atoms with van der Waals surface area (Å²) in [6, 6.07) is 4.30. The van der Waals surface area contributed by atoms with Gasteiger partial charge in [0.1, 0.15) is 11.7 Å². The van der Waals surface area contributed by atoms with Crippen molar-refractivity contribution >= 4 is 23.5 Å². The quantitative estimate of drug-likeness (QED) is 0.861. The average molecular weight is 290 g/mol. The molecule has 0 bridgehead atoms. The van der Waals surface area contributed by atoms with Crippen LogP contribution >= 0.6 is 0 Å². The van der Waals surface area contributed by atoms with Crippen molar-refractivity contribution in [2.75, 3.05) is 12.0 Å². The maximum absolute atomic E-state index is 12.4. The highest BCUT2D eigenvalue weighted by Crippen LogP contribution is 2.27. The van der Waals surface area contributed by atoms with E-state index in [1.165, 1.54) is 0 Å². The molecule has 1 unspecified atom stereocenters. The lowest BCUT2D eigenvalue weighted by atomic mass is 9.98. The van der Waals surface area contributed by atoms with Gasteiger partial charge in [-0.2, -0.15) is 0 Å². The number of carbonyl (C=O) groups excluding carboxylic acids is 3. The van der Waals surface area contributed by atoms with Crippen LogP contribution in [0.2, 0.25) is 0 Å². The van der Waals surface area contributed by atoms with E-state index in [4.69, 9.17) is 4.74 Å². The summed E-state index contributed by atoms with van der Waals surface area (Å²) in [5.74, 6) is -1.14. The van der Waals surface area contributed by atoms with Gasteiger partial charge in [-0.1, -0.05) is 13.3 Å². The van der Waals surface area contributed by atoms with Crippen molar-refractivity contribution in [2.45, 2.75) is 26.7 Å². The Balaban J connectivity index is 2.37. The fraction of sp³-hybridized carbons (Fsp3) is 0.400. The van der Waals surface area contributed by atoms with Crippen LogP contribution in [0.4, 0.5) is 10.5 Å². The molecule has 1 aromatic rings. The Bertz CT molecular complexity index is 597. The molecule has 1 atom stereocenters. The number of hydrogen-bond donors (Lipinski definition) is 1. The molecular weight excluding hydrogens is 272 g/mol. The zero-order valence-corrected chi connectivity index (χ0v) is 12.3. The number of methoxy groups -OCH3 is 1. The number of aryl methyl sites for hydroxylation is 1. The van der Waals surface area contributed by atoms with E-state index in [9.17, 15) is 14.4 Å². The number of amides is 4. The molecule has 1 N–H and O–H groups in total. The van der Waals surface area contributed by atoms with Gasteiger partial charge in [0.15, 0.2) is 0 Å². The van der Waals surface area contributed by atoms with Crippen molar-refractivity contribution in [1.82, 2.24) is 5.32 Å².